The highest BCUT2D eigenvalue weighted by Gasteiger charge is 2.11. The van der Waals surface area contributed by atoms with Crippen LogP contribution < -0.4 is 0 Å². The fourth-order valence-electron chi connectivity index (χ4n) is 0.303. The number of hydrogen-bond acceptors (Lipinski definition) is 3. The molecule has 66 valence electrons. The van der Waals surface area contributed by atoms with Crippen LogP contribution in [0.5, 0.6) is 0 Å². The Kier molecular flexibility index (Phi) is 4.65. The zero-order valence-corrected chi connectivity index (χ0v) is 7.51. The Balaban J connectivity index is 4.08. The smallest absolute Gasteiger partial charge is 0.357 e. The fourth-order valence-corrected chi connectivity index (χ4v) is 0.909. The molecule has 0 N–H and O–H groups in total. The Morgan fingerprint density at radius 1 is 1.17 bits per heavy atom. The molecule has 0 unspecified atom stereocenters. The van der Waals surface area contributed by atoms with Crippen LogP contribution >= 0.6 is 8.25 Å². The normalized spacial score (nSPS) is 10.5. The molecule has 0 fully saturated rings. The molecule has 7 nitrogen and oxygen atoms in total. The monoisotopic (exact) mass is 190 g/mol. The first kappa shape index (κ1) is 10.6. The zero-order chi connectivity index (χ0) is 9.56. The van der Waals surface area contributed by atoms with Gasteiger partial charge in [0.25, 0.3) is 0 Å². The molecule has 0 aromatic heterocycles. The maximum absolute atomic E-state index is 10.7. The highest BCUT2D eigenvalue weighted by Crippen LogP contribution is 2.23. The van der Waals surface area contributed by atoms with Gasteiger partial charge in [-0.15, -0.1) is 9.58 Å². The van der Waals surface area contributed by atoms with E-state index >= 15 is 0 Å². The molecule has 0 atom stereocenters. The minimum Gasteiger partial charge on any atom is -0.357 e. The molecule has 0 aromatic carbocycles. The lowest BCUT2D eigenvalue weighted by Crippen LogP contribution is -1.98. The third-order valence-corrected chi connectivity index (χ3v) is 1.67. The van der Waals surface area contributed by atoms with E-state index in [1.807, 2.05) is 0 Å². The third-order valence-electron chi connectivity index (χ3n) is 0.744. The van der Waals surface area contributed by atoms with Gasteiger partial charge in [-0.3, -0.25) is 0 Å². The van der Waals surface area contributed by atoms with Crippen molar-refractivity contribution in [2.45, 2.75) is 13.8 Å². The highest BCUT2D eigenvalue weighted by atomic mass is 31.1. The van der Waals surface area contributed by atoms with Gasteiger partial charge in [-0.2, -0.15) is 0 Å². The van der Waals surface area contributed by atoms with Crippen molar-refractivity contribution in [2.24, 2.45) is 0 Å². The molecule has 0 aliphatic heterocycles. The summed E-state index contributed by atoms with van der Waals surface area (Å²) < 4.78 is 19.5. The Morgan fingerprint density at radius 3 is 1.75 bits per heavy atom. The second-order valence-electron chi connectivity index (χ2n) is 1.69. The first-order chi connectivity index (χ1) is 5.60. The molecule has 0 radical (unpaired) electrons. The van der Waals surface area contributed by atoms with Crippen LogP contribution in [-0.4, -0.2) is 21.4 Å². The summed E-state index contributed by atoms with van der Waals surface area (Å²) in [6.07, 6.45) is 0. The van der Waals surface area contributed by atoms with Crippen LogP contribution in [0.4, 0.5) is 0 Å². The summed E-state index contributed by atoms with van der Waals surface area (Å²) in [5, 5.41) is 0. The summed E-state index contributed by atoms with van der Waals surface area (Å²) in [6, 6.07) is 0. The van der Waals surface area contributed by atoms with Crippen molar-refractivity contribution >= 4 is 20.1 Å². The SMILES string of the molecule is CC(=[N+]=[N-])O[PH](=O)OC(C)=[N+]=[N-]. The van der Waals surface area contributed by atoms with Crippen molar-refractivity contribution < 1.29 is 23.2 Å². The van der Waals surface area contributed by atoms with Crippen LogP contribution in [0, 0.1) is 0 Å². The molecule has 0 aromatic rings. The van der Waals surface area contributed by atoms with Crippen LogP contribution in [0.15, 0.2) is 0 Å². The maximum Gasteiger partial charge on any atom is 0.453 e. The van der Waals surface area contributed by atoms with Crippen molar-refractivity contribution in [3.05, 3.63) is 11.1 Å². The Hall–Kier alpha value is -1.41. The van der Waals surface area contributed by atoms with E-state index in [2.05, 4.69) is 18.6 Å². The van der Waals surface area contributed by atoms with E-state index < -0.39 is 8.25 Å². The second-order valence-corrected chi connectivity index (χ2v) is 2.60. The lowest BCUT2D eigenvalue weighted by atomic mass is 10.8. The van der Waals surface area contributed by atoms with E-state index in [-0.39, 0.29) is 11.8 Å². The van der Waals surface area contributed by atoms with Gasteiger partial charge in [-0.25, -0.2) is 4.57 Å². The van der Waals surface area contributed by atoms with Crippen LogP contribution in [0.1, 0.15) is 13.8 Å². The first-order valence-corrected chi connectivity index (χ1v) is 4.09. The van der Waals surface area contributed by atoms with Crippen LogP contribution in [0.3, 0.4) is 0 Å². The van der Waals surface area contributed by atoms with Gasteiger partial charge in [0.2, 0.25) is 0 Å². The summed E-state index contributed by atoms with van der Waals surface area (Å²) >= 11 is 0. The second kappa shape index (κ2) is 5.27. The molecule has 0 heterocycles. The Bertz CT molecular complexity index is 261. The molecule has 0 aliphatic carbocycles. The van der Waals surface area contributed by atoms with E-state index in [1.165, 1.54) is 13.8 Å². The Morgan fingerprint density at radius 2 is 1.50 bits per heavy atom. The lowest BCUT2D eigenvalue weighted by molar-refractivity contribution is -0.0328. The standard InChI is InChI=1S/C4H7N4O3P/c1-3(7-5)10-12(9)11-4(2)8-6/h12H,1-2H3. The topological polar surface area (TPSA) is 108 Å². The maximum atomic E-state index is 10.7. The van der Waals surface area contributed by atoms with Gasteiger partial charge in [0.15, 0.2) is 0 Å². The first-order valence-electron chi connectivity index (χ1n) is 2.87. The van der Waals surface area contributed by atoms with Gasteiger partial charge in [0.05, 0.1) is 13.8 Å². The summed E-state index contributed by atoms with van der Waals surface area (Å²) in [5.41, 5.74) is 16.2. The van der Waals surface area contributed by atoms with Crippen LogP contribution in [0.2, 0.25) is 0 Å². The molecule has 12 heavy (non-hydrogen) atoms. The van der Waals surface area contributed by atoms with Crippen LogP contribution in [0.25, 0.3) is 11.1 Å². The highest BCUT2D eigenvalue weighted by molar-refractivity contribution is 7.34. The molecule has 0 rings (SSSR count). The summed E-state index contributed by atoms with van der Waals surface area (Å²) in [6.45, 7) is 2.58. The number of nitrogens with zero attached hydrogens (tertiary/aromatic N) is 4. The number of hydrogen-bond donors (Lipinski definition) is 0. The molecular weight excluding hydrogens is 183 g/mol. The minimum atomic E-state index is -2.84. The van der Waals surface area contributed by atoms with Gasteiger partial charge in [-0.1, -0.05) is 0 Å². The average Bonchev–Trinajstić information content (AvgIpc) is 2.03. The Labute approximate surface area is 69.1 Å². The molecular formula is C4H7N4O3P. The van der Waals surface area contributed by atoms with Gasteiger partial charge in [-0.05, 0) is 0 Å². The van der Waals surface area contributed by atoms with Gasteiger partial charge >= 0.3 is 20.1 Å². The van der Waals surface area contributed by atoms with Crippen molar-refractivity contribution in [3.8, 4) is 0 Å². The quantitative estimate of drug-likeness (QED) is 0.210. The van der Waals surface area contributed by atoms with Crippen molar-refractivity contribution in [1.29, 1.82) is 0 Å². The molecule has 0 saturated heterocycles. The summed E-state index contributed by atoms with van der Waals surface area (Å²) in [5.74, 6) is -0.380. The van der Waals surface area contributed by atoms with Gasteiger partial charge < -0.3 is 20.1 Å². The van der Waals surface area contributed by atoms with Crippen molar-refractivity contribution in [1.82, 2.24) is 0 Å². The molecule has 0 amide bonds. The molecule has 0 aliphatic rings. The summed E-state index contributed by atoms with van der Waals surface area (Å²) in [4.78, 5) is 5.20. The average molecular weight is 190 g/mol. The van der Waals surface area contributed by atoms with Crippen molar-refractivity contribution in [3.63, 3.8) is 0 Å². The molecule has 0 saturated carbocycles. The van der Waals surface area contributed by atoms with E-state index in [9.17, 15) is 4.57 Å². The number of rotatable bonds is 2. The van der Waals surface area contributed by atoms with E-state index in [0.717, 1.165) is 0 Å². The fraction of sp³-hybridized carbons (Fsp3) is 0.500. The predicted molar refractivity (Wildman–Crippen MR) is 39.8 cm³/mol. The predicted octanol–water partition coefficient (Wildman–Crippen LogP) is 0.706. The minimum absolute atomic E-state index is 0.190. The summed E-state index contributed by atoms with van der Waals surface area (Å²) in [7, 11) is -2.84. The zero-order valence-electron chi connectivity index (χ0n) is 6.51. The van der Waals surface area contributed by atoms with Gasteiger partial charge in [0.1, 0.15) is 0 Å². The van der Waals surface area contributed by atoms with E-state index in [1.54, 1.807) is 0 Å². The van der Waals surface area contributed by atoms with E-state index in [0.29, 0.717) is 0 Å². The third kappa shape index (κ3) is 4.41. The molecule has 0 bridgehead atoms. The molecule has 8 heteroatoms. The van der Waals surface area contributed by atoms with Gasteiger partial charge in [0, 0.05) is 0 Å². The van der Waals surface area contributed by atoms with E-state index in [4.69, 9.17) is 11.1 Å². The van der Waals surface area contributed by atoms with Crippen molar-refractivity contribution in [2.75, 3.05) is 0 Å². The largest absolute Gasteiger partial charge is 0.453 e. The van der Waals surface area contributed by atoms with Crippen LogP contribution in [-0.2, 0) is 13.6 Å². The molecule has 0 spiro atoms. The lowest BCUT2D eigenvalue weighted by Gasteiger charge is -1.95.